The van der Waals surface area contributed by atoms with Gasteiger partial charge in [0.25, 0.3) is 0 Å². The highest BCUT2D eigenvalue weighted by Gasteiger charge is 2.69. The number of pyridine rings is 2. The second kappa shape index (κ2) is 5.93. The van der Waals surface area contributed by atoms with E-state index in [1.54, 1.807) is 12.4 Å². The number of halogens is 3. The fourth-order valence-electron chi connectivity index (χ4n) is 4.43. The van der Waals surface area contributed by atoms with Crippen LogP contribution in [0.1, 0.15) is 37.2 Å². The number of rotatable bonds is 2. The van der Waals surface area contributed by atoms with Crippen molar-refractivity contribution in [2.24, 2.45) is 5.41 Å². The molecule has 3 aromatic rings. The molecular formula is C20H19F3N4O. The summed E-state index contributed by atoms with van der Waals surface area (Å²) in [6.45, 7) is 0.677. The monoisotopic (exact) mass is 388 g/mol. The largest absolute Gasteiger partial charge is 0.403 e. The predicted molar refractivity (Wildman–Crippen MR) is 97.7 cm³/mol. The van der Waals surface area contributed by atoms with Crippen molar-refractivity contribution in [1.82, 2.24) is 19.9 Å². The quantitative estimate of drug-likeness (QED) is 0.717. The number of aromatic amines is 1. The molecule has 1 saturated heterocycles. The Morgan fingerprint density at radius 1 is 1.25 bits per heavy atom. The Bertz CT molecular complexity index is 1070. The van der Waals surface area contributed by atoms with Crippen LogP contribution in [-0.4, -0.2) is 45.0 Å². The molecule has 0 aromatic carbocycles. The fourth-order valence-corrected chi connectivity index (χ4v) is 4.43. The van der Waals surface area contributed by atoms with Crippen LogP contribution in [0.2, 0.25) is 0 Å². The van der Waals surface area contributed by atoms with Gasteiger partial charge in [0.05, 0.1) is 11.7 Å². The van der Waals surface area contributed by atoms with E-state index in [0.29, 0.717) is 25.2 Å². The zero-order valence-corrected chi connectivity index (χ0v) is 15.1. The van der Waals surface area contributed by atoms with E-state index in [2.05, 4.69) is 15.0 Å². The third-order valence-electron chi connectivity index (χ3n) is 6.16. The Hall–Kier alpha value is -2.64. The lowest BCUT2D eigenvalue weighted by molar-refractivity contribution is -0.199. The van der Waals surface area contributed by atoms with E-state index in [1.165, 1.54) is 4.90 Å². The van der Waals surface area contributed by atoms with Gasteiger partial charge in [-0.1, -0.05) is 6.07 Å². The van der Waals surface area contributed by atoms with Gasteiger partial charge in [0.15, 0.2) is 5.65 Å². The van der Waals surface area contributed by atoms with E-state index in [0.717, 1.165) is 28.3 Å². The van der Waals surface area contributed by atoms with Crippen molar-refractivity contribution < 1.29 is 18.0 Å². The number of aromatic nitrogens is 3. The van der Waals surface area contributed by atoms with E-state index < -0.39 is 17.5 Å². The second-order valence-corrected chi connectivity index (χ2v) is 7.84. The Balaban J connectivity index is 1.49. The summed E-state index contributed by atoms with van der Waals surface area (Å²) in [4.78, 5) is 26.1. The first-order valence-corrected chi connectivity index (χ1v) is 9.47. The van der Waals surface area contributed by atoms with Gasteiger partial charge in [-0.15, -0.1) is 0 Å². The highest BCUT2D eigenvalue weighted by molar-refractivity contribution is 6.05. The number of hydrogen-bond acceptors (Lipinski definition) is 3. The average molecular weight is 388 g/mol. The van der Waals surface area contributed by atoms with Crippen molar-refractivity contribution in [2.45, 2.75) is 37.8 Å². The molecule has 4 heterocycles. The van der Waals surface area contributed by atoms with E-state index in [4.69, 9.17) is 0 Å². The number of carbonyl (C=O) groups is 1. The number of H-pyrrole nitrogens is 1. The van der Waals surface area contributed by atoms with Gasteiger partial charge < -0.3 is 9.88 Å². The first-order valence-electron chi connectivity index (χ1n) is 9.47. The summed E-state index contributed by atoms with van der Waals surface area (Å²) in [5.74, 6) is -0.802. The maximum atomic E-state index is 13.4. The van der Waals surface area contributed by atoms with Gasteiger partial charge in [-0.2, -0.15) is 13.2 Å². The predicted octanol–water partition coefficient (Wildman–Crippen LogP) is 4.16. The van der Waals surface area contributed by atoms with Gasteiger partial charge in [-0.25, -0.2) is 9.97 Å². The van der Waals surface area contributed by atoms with Gasteiger partial charge in [0.2, 0.25) is 5.91 Å². The van der Waals surface area contributed by atoms with E-state index in [1.807, 2.05) is 18.3 Å². The van der Waals surface area contributed by atoms with Crippen molar-refractivity contribution in [2.75, 3.05) is 13.1 Å². The molecule has 0 spiro atoms. The Morgan fingerprint density at radius 2 is 2.04 bits per heavy atom. The summed E-state index contributed by atoms with van der Waals surface area (Å²) in [6, 6.07) is 3.88. The third-order valence-corrected chi connectivity index (χ3v) is 6.16. The molecule has 0 bridgehead atoms. The lowest BCUT2D eigenvalue weighted by atomic mass is 9.89. The van der Waals surface area contributed by atoms with Crippen molar-refractivity contribution in [3.05, 3.63) is 36.3 Å². The molecule has 2 fully saturated rings. The lowest BCUT2D eigenvalue weighted by Gasteiger charge is -2.35. The molecule has 8 heteroatoms. The van der Waals surface area contributed by atoms with Crippen molar-refractivity contribution in [3.8, 4) is 0 Å². The number of amides is 1. The van der Waals surface area contributed by atoms with E-state index in [9.17, 15) is 18.0 Å². The lowest BCUT2D eigenvalue weighted by Crippen LogP contribution is -2.47. The molecular weight excluding hydrogens is 369 g/mol. The van der Waals surface area contributed by atoms with Crippen molar-refractivity contribution >= 4 is 27.8 Å². The highest BCUT2D eigenvalue weighted by Crippen LogP contribution is 2.59. The molecule has 1 atom stereocenters. The van der Waals surface area contributed by atoms with Gasteiger partial charge >= 0.3 is 6.18 Å². The number of nitrogens with zero attached hydrogens (tertiary/aromatic N) is 3. The highest BCUT2D eigenvalue weighted by atomic mass is 19.4. The van der Waals surface area contributed by atoms with Crippen LogP contribution in [0.15, 0.2) is 30.7 Å². The Kier molecular flexibility index (Phi) is 3.70. The van der Waals surface area contributed by atoms with Crippen molar-refractivity contribution in [1.29, 1.82) is 0 Å². The second-order valence-electron chi connectivity index (χ2n) is 7.84. The number of fused-ring (bicyclic) bond motifs is 3. The summed E-state index contributed by atoms with van der Waals surface area (Å²) in [7, 11) is 0. The Morgan fingerprint density at radius 3 is 2.79 bits per heavy atom. The SMILES string of the molecule is O=C(N1CCCC(c2cnc3ncc4[nH]cccc4c23)C1)C1(C(F)(F)F)CC1. The molecule has 1 unspecified atom stereocenters. The summed E-state index contributed by atoms with van der Waals surface area (Å²) >= 11 is 0. The van der Waals surface area contributed by atoms with Crippen LogP contribution >= 0.6 is 0 Å². The number of likely N-dealkylation sites (tertiary alicyclic amines) is 1. The molecule has 1 amide bonds. The van der Waals surface area contributed by atoms with Crippen LogP contribution in [0.25, 0.3) is 21.9 Å². The summed E-state index contributed by atoms with van der Waals surface area (Å²) in [5.41, 5.74) is 0.313. The molecule has 2 aliphatic rings. The number of carbonyl (C=O) groups excluding carboxylic acids is 1. The first kappa shape index (κ1) is 17.5. The molecule has 1 aliphatic heterocycles. The van der Waals surface area contributed by atoms with Crippen molar-refractivity contribution in [3.63, 3.8) is 0 Å². The molecule has 0 radical (unpaired) electrons. The zero-order valence-electron chi connectivity index (χ0n) is 15.1. The number of hydrogen-bond donors (Lipinski definition) is 1. The van der Waals surface area contributed by atoms with Crippen LogP contribution in [-0.2, 0) is 4.79 Å². The number of piperidine rings is 1. The summed E-state index contributed by atoms with van der Waals surface area (Å²) in [6.07, 6.45) is 2.15. The molecule has 5 rings (SSSR count). The normalized spacial score (nSPS) is 22.0. The maximum absolute atomic E-state index is 13.4. The summed E-state index contributed by atoms with van der Waals surface area (Å²) < 4.78 is 40.2. The van der Waals surface area contributed by atoms with Crippen LogP contribution in [0.3, 0.4) is 0 Å². The molecule has 3 aromatic heterocycles. The maximum Gasteiger partial charge on any atom is 0.403 e. The minimum atomic E-state index is -4.47. The van der Waals surface area contributed by atoms with Gasteiger partial charge in [-0.05, 0) is 37.3 Å². The van der Waals surface area contributed by atoms with E-state index in [-0.39, 0.29) is 18.8 Å². The standard InChI is InChI=1S/C20H19F3N4O/c21-20(22,23)19(5-6-19)18(28)27-8-2-3-12(11-27)14-9-25-17-16(14)13-4-1-7-24-15(13)10-26-17/h1,4,7,9-10,12,24H,2-3,5-6,8,11H2. The molecule has 5 nitrogen and oxygen atoms in total. The average Bonchev–Trinajstić information content (AvgIpc) is 3.41. The fraction of sp³-hybridized carbons (Fsp3) is 0.450. The third kappa shape index (κ3) is 2.50. The molecule has 1 aliphatic carbocycles. The number of nitrogens with one attached hydrogen (secondary N) is 1. The van der Waals surface area contributed by atoms with Crippen LogP contribution in [0.4, 0.5) is 13.2 Å². The minimum absolute atomic E-state index is 0.0423. The number of alkyl halides is 3. The van der Waals surface area contributed by atoms with Gasteiger partial charge in [0, 0.05) is 42.2 Å². The zero-order chi connectivity index (χ0) is 19.5. The van der Waals surface area contributed by atoms with Gasteiger partial charge in [-0.3, -0.25) is 4.79 Å². The molecule has 1 N–H and O–H groups in total. The van der Waals surface area contributed by atoms with Crippen LogP contribution in [0, 0.1) is 5.41 Å². The molecule has 146 valence electrons. The molecule has 1 saturated carbocycles. The first-order chi connectivity index (χ1) is 13.4. The van der Waals surface area contributed by atoms with Gasteiger partial charge in [0.1, 0.15) is 5.41 Å². The Labute approximate surface area is 158 Å². The smallest absolute Gasteiger partial charge is 0.360 e. The van der Waals surface area contributed by atoms with E-state index >= 15 is 0 Å². The van der Waals surface area contributed by atoms with Crippen LogP contribution < -0.4 is 0 Å². The minimum Gasteiger partial charge on any atom is -0.360 e. The van der Waals surface area contributed by atoms with Crippen LogP contribution in [0.5, 0.6) is 0 Å². The topological polar surface area (TPSA) is 61.9 Å². The molecule has 28 heavy (non-hydrogen) atoms. The summed E-state index contributed by atoms with van der Waals surface area (Å²) in [5, 5.41) is 1.91.